The summed E-state index contributed by atoms with van der Waals surface area (Å²) in [6.07, 6.45) is 0.0716. The summed E-state index contributed by atoms with van der Waals surface area (Å²) in [4.78, 5) is 13.2. The van der Waals surface area contributed by atoms with E-state index in [1.165, 1.54) is 23.1 Å². The molecule has 21 heavy (non-hydrogen) atoms. The van der Waals surface area contributed by atoms with E-state index < -0.39 is 0 Å². The number of aromatic nitrogens is 2. The van der Waals surface area contributed by atoms with Gasteiger partial charge in [-0.15, -0.1) is 16.4 Å². The Kier molecular flexibility index (Phi) is 6.01. The van der Waals surface area contributed by atoms with Crippen molar-refractivity contribution in [1.82, 2.24) is 15.5 Å². The summed E-state index contributed by atoms with van der Waals surface area (Å²) in [5, 5.41) is 13.2. The van der Waals surface area contributed by atoms with Gasteiger partial charge in [0, 0.05) is 4.88 Å². The van der Waals surface area contributed by atoms with Crippen molar-refractivity contribution in [3.05, 3.63) is 22.4 Å². The third-order valence-corrected chi connectivity index (χ3v) is 5.26. The molecule has 0 saturated heterocycles. The van der Waals surface area contributed by atoms with Crippen LogP contribution in [0.1, 0.15) is 25.6 Å². The lowest BCUT2D eigenvalue weighted by Gasteiger charge is -2.09. The van der Waals surface area contributed by atoms with Gasteiger partial charge in [-0.05, 0) is 43.6 Å². The van der Waals surface area contributed by atoms with Gasteiger partial charge in [0.2, 0.25) is 5.91 Å². The van der Waals surface area contributed by atoms with Gasteiger partial charge in [0.25, 0.3) is 5.19 Å². The predicted octanol–water partition coefficient (Wildman–Crippen LogP) is 3.18. The number of amides is 1. The summed E-state index contributed by atoms with van der Waals surface area (Å²) < 4.78 is 6.21. The van der Waals surface area contributed by atoms with E-state index in [9.17, 15) is 4.79 Å². The number of carbonyl (C=O) groups excluding carboxylic acids is 1. The van der Waals surface area contributed by atoms with Gasteiger partial charge in [-0.2, -0.15) is 0 Å². The summed E-state index contributed by atoms with van der Waals surface area (Å²) in [7, 11) is 0. The number of thioether (sulfide) groups is 1. The zero-order chi connectivity index (χ0) is 15.2. The minimum absolute atomic E-state index is 0.00470. The maximum absolute atomic E-state index is 12.0. The molecule has 5 nitrogen and oxygen atoms in total. The zero-order valence-electron chi connectivity index (χ0n) is 12.0. The number of rotatable bonds is 7. The van der Waals surface area contributed by atoms with Crippen LogP contribution in [0, 0.1) is 0 Å². The van der Waals surface area contributed by atoms with Crippen LogP contribution in [-0.4, -0.2) is 27.5 Å². The van der Waals surface area contributed by atoms with Gasteiger partial charge < -0.3 is 10.1 Å². The lowest BCUT2D eigenvalue weighted by atomic mass is 10.4. The third-order valence-electron chi connectivity index (χ3n) is 2.39. The average molecular weight is 343 g/mol. The molecule has 8 heteroatoms. The van der Waals surface area contributed by atoms with Crippen LogP contribution in [0.25, 0.3) is 0 Å². The Bertz CT molecular complexity index is 569. The molecule has 1 amide bonds. The molecule has 0 aromatic carbocycles. The highest BCUT2D eigenvalue weighted by Gasteiger charge is 2.17. The first-order valence-corrected chi connectivity index (χ1v) is 9.09. The number of hydrogen-bond donors (Lipinski definition) is 1. The quantitative estimate of drug-likeness (QED) is 0.782. The molecule has 114 valence electrons. The standard InChI is InChI=1S/C13H17N3O2S3/c1-8(2)18-12-15-16-13(21-12)20-9(3)11(17)14-7-10-5-4-6-19-10/h4-6,8-9H,7H2,1-3H3,(H,14,17)/t9-/m1/s1. The largest absolute Gasteiger partial charge is 0.466 e. The van der Waals surface area contributed by atoms with Crippen LogP contribution in [0.15, 0.2) is 21.9 Å². The van der Waals surface area contributed by atoms with Crippen LogP contribution in [0.4, 0.5) is 0 Å². The molecule has 2 heterocycles. The number of nitrogens with zero attached hydrogens (tertiary/aromatic N) is 2. The fraction of sp³-hybridized carbons (Fsp3) is 0.462. The Morgan fingerprint density at radius 1 is 1.43 bits per heavy atom. The van der Waals surface area contributed by atoms with Crippen molar-refractivity contribution in [1.29, 1.82) is 0 Å². The molecule has 0 fully saturated rings. The fourth-order valence-corrected chi connectivity index (χ4v) is 4.05. The first-order chi connectivity index (χ1) is 10.0. The summed E-state index contributed by atoms with van der Waals surface area (Å²) in [6, 6.07) is 3.98. The van der Waals surface area contributed by atoms with E-state index in [0.29, 0.717) is 11.7 Å². The molecule has 0 spiro atoms. The second kappa shape index (κ2) is 7.77. The van der Waals surface area contributed by atoms with E-state index in [1.54, 1.807) is 11.3 Å². The second-order valence-electron chi connectivity index (χ2n) is 4.56. The van der Waals surface area contributed by atoms with Gasteiger partial charge >= 0.3 is 0 Å². The van der Waals surface area contributed by atoms with Gasteiger partial charge in [-0.3, -0.25) is 4.79 Å². The summed E-state index contributed by atoms with van der Waals surface area (Å²) in [5.74, 6) is -0.00470. The normalized spacial score (nSPS) is 12.4. The van der Waals surface area contributed by atoms with Crippen molar-refractivity contribution < 1.29 is 9.53 Å². The first kappa shape index (κ1) is 16.3. The van der Waals surface area contributed by atoms with Gasteiger partial charge in [0.15, 0.2) is 4.34 Å². The lowest BCUT2D eigenvalue weighted by Crippen LogP contribution is -2.30. The van der Waals surface area contributed by atoms with Gasteiger partial charge in [0.1, 0.15) is 0 Å². The van der Waals surface area contributed by atoms with Crippen molar-refractivity contribution in [2.24, 2.45) is 0 Å². The highest BCUT2D eigenvalue weighted by molar-refractivity contribution is 8.02. The highest BCUT2D eigenvalue weighted by Crippen LogP contribution is 2.30. The minimum Gasteiger partial charge on any atom is -0.466 e. The second-order valence-corrected chi connectivity index (χ2v) is 8.12. The van der Waals surface area contributed by atoms with E-state index in [2.05, 4.69) is 15.5 Å². The molecule has 0 aliphatic heterocycles. The van der Waals surface area contributed by atoms with Crippen molar-refractivity contribution in [2.45, 2.75) is 43.0 Å². The van der Waals surface area contributed by atoms with Gasteiger partial charge in [-0.1, -0.05) is 22.9 Å². The zero-order valence-corrected chi connectivity index (χ0v) is 14.5. The Hall–Kier alpha value is -1.12. The monoisotopic (exact) mass is 343 g/mol. The molecule has 2 aromatic heterocycles. The Morgan fingerprint density at radius 2 is 2.24 bits per heavy atom. The van der Waals surface area contributed by atoms with Crippen LogP contribution >= 0.6 is 34.4 Å². The van der Waals surface area contributed by atoms with Crippen molar-refractivity contribution in [3.63, 3.8) is 0 Å². The molecule has 0 aliphatic carbocycles. The van der Waals surface area contributed by atoms with Gasteiger partial charge in [0.05, 0.1) is 17.9 Å². The smallest absolute Gasteiger partial charge is 0.295 e. The molecular weight excluding hydrogens is 326 g/mol. The fourth-order valence-electron chi connectivity index (χ4n) is 1.43. The lowest BCUT2D eigenvalue weighted by molar-refractivity contribution is -0.120. The Morgan fingerprint density at radius 3 is 2.90 bits per heavy atom. The van der Waals surface area contributed by atoms with E-state index in [4.69, 9.17) is 4.74 Å². The SMILES string of the molecule is CC(C)Oc1nnc(S[C@H](C)C(=O)NCc2cccs2)s1. The molecule has 1 N–H and O–H groups in total. The maximum Gasteiger partial charge on any atom is 0.295 e. The number of hydrogen-bond acceptors (Lipinski definition) is 7. The van der Waals surface area contributed by atoms with Crippen LogP contribution in [0.3, 0.4) is 0 Å². The summed E-state index contributed by atoms with van der Waals surface area (Å²) in [6.45, 7) is 6.31. The molecule has 0 saturated carbocycles. The first-order valence-electron chi connectivity index (χ1n) is 6.51. The number of nitrogens with one attached hydrogen (secondary N) is 1. The molecule has 1 atom stereocenters. The van der Waals surface area contributed by atoms with Crippen molar-refractivity contribution >= 4 is 40.3 Å². The molecule has 0 bridgehead atoms. The molecule has 0 aliphatic rings. The van der Waals surface area contributed by atoms with Crippen LogP contribution in [0.5, 0.6) is 5.19 Å². The molecule has 2 rings (SSSR count). The summed E-state index contributed by atoms with van der Waals surface area (Å²) in [5.41, 5.74) is 0. The van der Waals surface area contributed by atoms with Crippen LogP contribution < -0.4 is 10.1 Å². The maximum atomic E-state index is 12.0. The summed E-state index contributed by atoms with van der Waals surface area (Å²) >= 11 is 4.39. The number of thiophene rings is 1. The van der Waals surface area contributed by atoms with Crippen LogP contribution in [-0.2, 0) is 11.3 Å². The molecule has 0 radical (unpaired) electrons. The Labute approximate surface area is 136 Å². The van der Waals surface area contributed by atoms with E-state index >= 15 is 0 Å². The predicted molar refractivity (Wildman–Crippen MR) is 87.2 cm³/mol. The van der Waals surface area contributed by atoms with Gasteiger partial charge in [-0.25, -0.2) is 0 Å². The Balaban J connectivity index is 1.81. The molecule has 2 aromatic rings. The highest BCUT2D eigenvalue weighted by atomic mass is 32.2. The molecular formula is C13H17N3O2S3. The van der Waals surface area contributed by atoms with E-state index in [-0.39, 0.29) is 17.3 Å². The van der Waals surface area contributed by atoms with E-state index in [0.717, 1.165) is 9.22 Å². The molecule has 0 unspecified atom stereocenters. The minimum atomic E-state index is -0.218. The van der Waals surface area contributed by atoms with Crippen molar-refractivity contribution in [3.8, 4) is 5.19 Å². The number of carbonyl (C=O) groups is 1. The number of ether oxygens (including phenoxy) is 1. The topological polar surface area (TPSA) is 64.1 Å². The van der Waals surface area contributed by atoms with E-state index in [1.807, 2.05) is 38.3 Å². The van der Waals surface area contributed by atoms with Crippen molar-refractivity contribution in [2.75, 3.05) is 0 Å². The van der Waals surface area contributed by atoms with Crippen LogP contribution in [0.2, 0.25) is 0 Å². The third kappa shape index (κ3) is 5.29. The average Bonchev–Trinajstić information content (AvgIpc) is 3.07.